The van der Waals surface area contributed by atoms with Crippen LogP contribution in [0.2, 0.25) is 0 Å². The largest absolute Gasteiger partial charge is 0.490 e. The van der Waals surface area contributed by atoms with Gasteiger partial charge in [-0.25, -0.2) is 9.59 Å². The number of nitrogens with zero attached hydrogens (tertiary/aromatic N) is 2. The number of urea groups is 2. The lowest BCUT2D eigenvalue weighted by molar-refractivity contribution is -0.0115. The molecule has 5 amide bonds. The van der Waals surface area contributed by atoms with Crippen LogP contribution in [0.5, 0.6) is 5.75 Å². The predicted octanol–water partition coefficient (Wildman–Crippen LogP) is 7.44. The maximum absolute atomic E-state index is 14.5. The Morgan fingerprint density at radius 1 is 0.922 bits per heavy atom. The fraction of sp³-hybridized carbons (Fsp3) is 0.375. The van der Waals surface area contributed by atoms with E-state index in [0.717, 1.165) is 30.0 Å². The summed E-state index contributed by atoms with van der Waals surface area (Å²) in [5.41, 5.74) is 2.03. The summed E-state index contributed by atoms with van der Waals surface area (Å²) < 4.78 is 12.7. The maximum Gasteiger partial charge on any atom is 0.323 e. The highest BCUT2D eigenvalue weighted by Crippen LogP contribution is 2.29. The van der Waals surface area contributed by atoms with Gasteiger partial charge in [0.25, 0.3) is 5.91 Å². The second kappa shape index (κ2) is 17.7. The van der Waals surface area contributed by atoms with E-state index in [0.29, 0.717) is 36.0 Å². The van der Waals surface area contributed by atoms with Gasteiger partial charge >= 0.3 is 12.1 Å². The van der Waals surface area contributed by atoms with E-state index in [1.807, 2.05) is 86.6 Å². The highest BCUT2D eigenvalue weighted by atomic mass is 16.5. The molecule has 0 spiro atoms. The number of benzene rings is 4. The standard InChI is InChI=1S/C40H49N5O6/c1-27-24-45(28(2)26-46)38(47)34-23-32(41-39(48)43-35-19-12-15-30-14-8-9-18-33(30)35)20-21-36(34)51-29(3)13-10-11-22-50-37(27)25-44(4)40(49)42-31-16-6-5-7-17-31/h5-9,12,14-21,23,27-29,37,46H,10-11,13,22,24-26H2,1-4H3,(H,42,49)(H2,41,43,48)/t27-,28-,29-,37+/m0/s1. The van der Waals surface area contributed by atoms with Gasteiger partial charge in [-0.1, -0.05) is 61.5 Å². The van der Waals surface area contributed by atoms with E-state index in [1.54, 1.807) is 42.0 Å². The highest BCUT2D eigenvalue weighted by molar-refractivity contribution is 6.07. The Hall–Kier alpha value is -5.13. The Morgan fingerprint density at radius 3 is 2.45 bits per heavy atom. The van der Waals surface area contributed by atoms with Crippen molar-refractivity contribution in [3.8, 4) is 5.75 Å². The van der Waals surface area contributed by atoms with Gasteiger partial charge in [-0.15, -0.1) is 0 Å². The van der Waals surface area contributed by atoms with E-state index in [1.165, 1.54) is 0 Å². The quantitative estimate of drug-likeness (QED) is 0.159. The Bertz CT molecular complexity index is 1780. The third kappa shape index (κ3) is 9.99. The van der Waals surface area contributed by atoms with Crippen molar-refractivity contribution in [2.45, 2.75) is 58.3 Å². The number of rotatable bonds is 7. The molecule has 0 saturated carbocycles. The number of anilines is 3. The van der Waals surface area contributed by atoms with E-state index in [-0.39, 0.29) is 48.8 Å². The molecule has 4 aromatic rings. The van der Waals surface area contributed by atoms with Gasteiger partial charge in [-0.3, -0.25) is 4.79 Å². The number of aliphatic hydroxyl groups excluding tert-OH is 1. The Labute approximate surface area is 299 Å². The Balaban J connectivity index is 1.38. The van der Waals surface area contributed by atoms with E-state index in [9.17, 15) is 19.5 Å². The van der Waals surface area contributed by atoms with Crippen LogP contribution >= 0.6 is 0 Å². The van der Waals surface area contributed by atoms with Crippen molar-refractivity contribution in [1.29, 1.82) is 0 Å². The lowest BCUT2D eigenvalue weighted by atomic mass is 10.0. The average molecular weight is 696 g/mol. The third-order valence-corrected chi connectivity index (χ3v) is 9.17. The summed E-state index contributed by atoms with van der Waals surface area (Å²) in [6, 6.07) is 26.5. The summed E-state index contributed by atoms with van der Waals surface area (Å²) in [7, 11) is 1.72. The zero-order chi connectivity index (χ0) is 36.3. The van der Waals surface area contributed by atoms with Gasteiger partial charge in [-0.2, -0.15) is 0 Å². The highest BCUT2D eigenvalue weighted by Gasteiger charge is 2.31. The monoisotopic (exact) mass is 695 g/mol. The van der Waals surface area contributed by atoms with Gasteiger partial charge in [-0.05, 0) is 74.9 Å². The van der Waals surface area contributed by atoms with Crippen LogP contribution in [0, 0.1) is 5.92 Å². The van der Waals surface area contributed by atoms with E-state index < -0.39 is 12.1 Å². The lowest BCUT2D eigenvalue weighted by Crippen LogP contribution is -2.48. The van der Waals surface area contributed by atoms with Gasteiger partial charge in [0, 0.05) is 49.4 Å². The molecule has 4 N–H and O–H groups in total. The van der Waals surface area contributed by atoms with Gasteiger partial charge in [0.05, 0.1) is 36.1 Å². The first-order chi connectivity index (χ1) is 24.6. The van der Waals surface area contributed by atoms with Crippen molar-refractivity contribution >= 4 is 45.8 Å². The average Bonchev–Trinajstić information content (AvgIpc) is 3.13. The van der Waals surface area contributed by atoms with Crippen LogP contribution in [0.15, 0.2) is 91.0 Å². The van der Waals surface area contributed by atoms with Crippen molar-refractivity contribution in [3.05, 3.63) is 96.6 Å². The summed E-state index contributed by atoms with van der Waals surface area (Å²) in [6.07, 6.45) is 1.80. The molecule has 0 saturated heterocycles. The molecule has 0 unspecified atom stereocenters. The fourth-order valence-corrected chi connectivity index (χ4v) is 6.18. The van der Waals surface area contributed by atoms with Crippen LogP contribution < -0.4 is 20.7 Å². The number of ether oxygens (including phenoxy) is 2. The van der Waals surface area contributed by atoms with E-state index in [2.05, 4.69) is 16.0 Å². The molecule has 4 atom stereocenters. The molecule has 0 bridgehead atoms. The topological polar surface area (TPSA) is 132 Å². The van der Waals surface area contributed by atoms with Crippen LogP contribution in [0.25, 0.3) is 10.8 Å². The summed E-state index contributed by atoms with van der Waals surface area (Å²) in [5, 5.41) is 20.9. The predicted molar refractivity (Wildman–Crippen MR) is 202 cm³/mol. The van der Waals surface area contributed by atoms with E-state index >= 15 is 0 Å². The summed E-state index contributed by atoms with van der Waals surface area (Å²) in [6.45, 7) is 6.50. The fourth-order valence-electron chi connectivity index (χ4n) is 6.18. The molecule has 270 valence electrons. The summed E-state index contributed by atoms with van der Waals surface area (Å²) in [5.74, 6) is -0.166. The first-order valence-corrected chi connectivity index (χ1v) is 17.6. The Morgan fingerprint density at radius 2 is 1.67 bits per heavy atom. The zero-order valence-electron chi connectivity index (χ0n) is 29.8. The van der Waals surface area contributed by atoms with E-state index in [4.69, 9.17) is 9.47 Å². The second-order valence-electron chi connectivity index (χ2n) is 13.3. The maximum atomic E-state index is 14.5. The number of para-hydroxylation sites is 1. The van der Waals surface area contributed by atoms with Crippen LogP contribution in [-0.2, 0) is 4.74 Å². The Kier molecular flexibility index (Phi) is 12.9. The molecule has 0 aromatic heterocycles. The van der Waals surface area contributed by atoms with Crippen molar-refractivity contribution < 1.29 is 29.0 Å². The number of hydrogen-bond donors (Lipinski definition) is 4. The molecule has 1 aliphatic rings. The first kappa shape index (κ1) is 37.1. The number of aliphatic hydroxyl groups is 1. The van der Waals surface area contributed by atoms with Crippen LogP contribution in [0.3, 0.4) is 0 Å². The molecular formula is C40H49N5O6. The SMILES string of the molecule is C[C@H]1CCCCO[C@H](CN(C)C(=O)Nc2ccccc2)[C@@H](C)CN([C@@H](C)CO)C(=O)c2cc(NC(=O)Nc3cccc4ccccc34)ccc2O1. The number of amides is 5. The molecule has 0 fully saturated rings. The molecule has 11 heteroatoms. The molecule has 0 aliphatic carbocycles. The minimum absolute atomic E-state index is 0.195. The van der Waals surface area contributed by atoms with Gasteiger partial charge in [0.15, 0.2) is 0 Å². The van der Waals surface area contributed by atoms with Crippen LogP contribution in [0.1, 0.15) is 50.4 Å². The number of hydrogen-bond acceptors (Lipinski definition) is 6. The summed E-state index contributed by atoms with van der Waals surface area (Å²) >= 11 is 0. The first-order valence-electron chi connectivity index (χ1n) is 17.6. The minimum Gasteiger partial charge on any atom is -0.490 e. The van der Waals surface area contributed by atoms with Crippen molar-refractivity contribution in [1.82, 2.24) is 9.80 Å². The number of nitrogens with one attached hydrogen (secondary N) is 3. The number of fused-ring (bicyclic) bond motifs is 2. The molecule has 5 rings (SSSR count). The molecule has 11 nitrogen and oxygen atoms in total. The molecule has 1 aliphatic heterocycles. The number of carbonyl (C=O) groups excluding carboxylic acids is 3. The minimum atomic E-state index is -0.538. The lowest BCUT2D eigenvalue weighted by Gasteiger charge is -2.35. The molecule has 51 heavy (non-hydrogen) atoms. The van der Waals surface area contributed by atoms with Crippen molar-refractivity contribution in [3.63, 3.8) is 0 Å². The molecule has 0 radical (unpaired) electrons. The van der Waals surface area contributed by atoms with Gasteiger partial charge < -0.3 is 40.3 Å². The van der Waals surface area contributed by atoms with Crippen molar-refractivity contribution in [2.24, 2.45) is 5.92 Å². The zero-order valence-corrected chi connectivity index (χ0v) is 29.8. The molecule has 4 aromatic carbocycles. The molecular weight excluding hydrogens is 646 g/mol. The van der Waals surface area contributed by atoms with Gasteiger partial charge in [0.1, 0.15) is 5.75 Å². The second-order valence-corrected chi connectivity index (χ2v) is 13.3. The number of carbonyl (C=O) groups is 3. The molecule has 1 heterocycles. The van der Waals surface area contributed by atoms with Crippen LogP contribution in [-0.4, -0.2) is 84.5 Å². The van der Waals surface area contributed by atoms with Crippen molar-refractivity contribution in [2.75, 3.05) is 49.3 Å². The smallest absolute Gasteiger partial charge is 0.323 e. The van der Waals surface area contributed by atoms with Crippen LogP contribution in [0.4, 0.5) is 26.7 Å². The summed E-state index contributed by atoms with van der Waals surface area (Å²) in [4.78, 5) is 44.0. The normalized spacial score (nSPS) is 19.2. The number of likely N-dealkylation sites (N-methyl/N-ethyl adjacent to an activating group) is 1. The van der Waals surface area contributed by atoms with Gasteiger partial charge in [0.2, 0.25) is 0 Å². The third-order valence-electron chi connectivity index (χ3n) is 9.17.